The molecule has 4 amide bonds. The first kappa shape index (κ1) is 17.0. The van der Waals surface area contributed by atoms with E-state index in [9.17, 15) is 14.4 Å². The number of piperazine rings is 1. The zero-order chi connectivity index (χ0) is 16.9. The van der Waals surface area contributed by atoms with Crippen LogP contribution in [0.1, 0.15) is 44.9 Å². The number of urea groups is 1. The van der Waals surface area contributed by atoms with E-state index in [2.05, 4.69) is 5.32 Å². The molecule has 0 atom stereocenters. The number of hydrogen-bond donors (Lipinski definition) is 1. The number of carbonyl (C=O) groups is 3. The van der Waals surface area contributed by atoms with Gasteiger partial charge in [0.05, 0.1) is 6.54 Å². The summed E-state index contributed by atoms with van der Waals surface area (Å²) in [6.45, 7) is 2.77. The van der Waals surface area contributed by atoms with Crippen LogP contribution >= 0.6 is 0 Å². The topological polar surface area (TPSA) is 73.0 Å². The van der Waals surface area contributed by atoms with Gasteiger partial charge >= 0.3 is 6.03 Å². The van der Waals surface area contributed by atoms with Crippen molar-refractivity contribution in [2.24, 2.45) is 0 Å². The van der Waals surface area contributed by atoms with Gasteiger partial charge in [-0.15, -0.1) is 0 Å². The molecule has 24 heavy (non-hydrogen) atoms. The molecule has 1 aliphatic carbocycles. The van der Waals surface area contributed by atoms with Crippen LogP contribution < -0.4 is 5.32 Å². The lowest BCUT2D eigenvalue weighted by atomic mass is 9.96. The van der Waals surface area contributed by atoms with Crippen molar-refractivity contribution in [3.05, 3.63) is 0 Å². The Kier molecular flexibility index (Phi) is 5.58. The van der Waals surface area contributed by atoms with Crippen LogP contribution in [0.3, 0.4) is 0 Å². The van der Waals surface area contributed by atoms with E-state index in [1.165, 1.54) is 6.42 Å². The molecule has 3 aliphatic rings. The van der Waals surface area contributed by atoms with Crippen LogP contribution in [0.5, 0.6) is 0 Å². The summed E-state index contributed by atoms with van der Waals surface area (Å²) in [5, 5.41) is 3.05. The second-order valence-electron chi connectivity index (χ2n) is 7.11. The third-order valence-electron chi connectivity index (χ3n) is 5.32. The van der Waals surface area contributed by atoms with Gasteiger partial charge in [0.2, 0.25) is 11.8 Å². The van der Waals surface area contributed by atoms with E-state index in [4.69, 9.17) is 0 Å². The molecule has 0 unspecified atom stereocenters. The smallest absolute Gasteiger partial charge is 0.318 e. The average Bonchev–Trinajstić information content (AvgIpc) is 3.12. The molecule has 0 aromatic heterocycles. The van der Waals surface area contributed by atoms with E-state index >= 15 is 0 Å². The van der Waals surface area contributed by atoms with Crippen molar-refractivity contribution in [3.63, 3.8) is 0 Å². The zero-order valence-corrected chi connectivity index (χ0v) is 14.3. The van der Waals surface area contributed by atoms with Gasteiger partial charge in [-0.1, -0.05) is 19.3 Å². The molecule has 0 spiro atoms. The highest BCUT2D eigenvalue weighted by Crippen LogP contribution is 2.18. The van der Waals surface area contributed by atoms with Crippen LogP contribution in [-0.4, -0.2) is 77.9 Å². The van der Waals surface area contributed by atoms with Crippen molar-refractivity contribution >= 4 is 17.8 Å². The summed E-state index contributed by atoms with van der Waals surface area (Å²) >= 11 is 0. The molecular formula is C17H28N4O3. The van der Waals surface area contributed by atoms with Gasteiger partial charge in [-0.25, -0.2) is 4.79 Å². The van der Waals surface area contributed by atoms with E-state index in [0.717, 1.165) is 51.6 Å². The van der Waals surface area contributed by atoms with E-state index in [-0.39, 0.29) is 37.0 Å². The molecule has 1 saturated carbocycles. The molecule has 3 rings (SSSR count). The first-order valence-electron chi connectivity index (χ1n) is 9.24. The summed E-state index contributed by atoms with van der Waals surface area (Å²) in [4.78, 5) is 41.8. The van der Waals surface area contributed by atoms with Crippen molar-refractivity contribution in [2.75, 3.05) is 39.3 Å². The molecule has 0 aromatic carbocycles. The van der Waals surface area contributed by atoms with E-state index in [0.29, 0.717) is 13.1 Å². The number of nitrogens with zero attached hydrogens (tertiary/aromatic N) is 3. The minimum absolute atomic E-state index is 0.0287. The van der Waals surface area contributed by atoms with Gasteiger partial charge in [0.1, 0.15) is 6.54 Å². The monoisotopic (exact) mass is 336 g/mol. The Balaban J connectivity index is 1.44. The first-order chi connectivity index (χ1) is 11.6. The van der Waals surface area contributed by atoms with Gasteiger partial charge in [0.15, 0.2) is 0 Å². The summed E-state index contributed by atoms with van der Waals surface area (Å²) in [6, 6.07) is 0.108. The van der Waals surface area contributed by atoms with Crippen molar-refractivity contribution < 1.29 is 14.4 Å². The van der Waals surface area contributed by atoms with Crippen LogP contribution in [0.25, 0.3) is 0 Å². The normalized spacial score (nSPS) is 22.8. The van der Waals surface area contributed by atoms with Gasteiger partial charge < -0.3 is 20.0 Å². The Morgan fingerprint density at radius 1 is 0.917 bits per heavy atom. The molecule has 0 radical (unpaired) electrons. The lowest BCUT2D eigenvalue weighted by Crippen LogP contribution is -2.57. The highest BCUT2D eigenvalue weighted by Gasteiger charge is 2.30. The Morgan fingerprint density at radius 3 is 2.29 bits per heavy atom. The van der Waals surface area contributed by atoms with Gasteiger partial charge in [-0.3, -0.25) is 9.59 Å². The van der Waals surface area contributed by atoms with Crippen LogP contribution in [0.4, 0.5) is 4.79 Å². The molecule has 0 aromatic rings. The predicted molar refractivity (Wildman–Crippen MR) is 89.4 cm³/mol. The van der Waals surface area contributed by atoms with Crippen LogP contribution in [0.15, 0.2) is 0 Å². The number of likely N-dealkylation sites (tertiary alicyclic amines) is 1. The number of amides is 4. The molecule has 134 valence electrons. The minimum Gasteiger partial charge on any atom is -0.341 e. The van der Waals surface area contributed by atoms with Gasteiger partial charge in [0.25, 0.3) is 0 Å². The fourth-order valence-electron chi connectivity index (χ4n) is 3.79. The lowest BCUT2D eigenvalue weighted by Gasteiger charge is -2.35. The number of hydrogen-bond acceptors (Lipinski definition) is 3. The summed E-state index contributed by atoms with van der Waals surface area (Å²) < 4.78 is 0. The molecule has 3 fully saturated rings. The largest absolute Gasteiger partial charge is 0.341 e. The SMILES string of the molecule is O=C(CN1CCN(C(=O)NC2CCCCC2)CC1=O)N1CCCC1. The maximum atomic E-state index is 12.3. The Bertz CT molecular complexity index is 484. The Labute approximate surface area is 143 Å². The Morgan fingerprint density at radius 2 is 1.62 bits per heavy atom. The third-order valence-corrected chi connectivity index (χ3v) is 5.32. The van der Waals surface area contributed by atoms with E-state index in [1.807, 2.05) is 4.90 Å². The molecule has 2 heterocycles. The molecular weight excluding hydrogens is 308 g/mol. The zero-order valence-electron chi connectivity index (χ0n) is 14.3. The van der Waals surface area contributed by atoms with Crippen molar-refractivity contribution in [3.8, 4) is 0 Å². The number of nitrogens with one attached hydrogen (secondary N) is 1. The predicted octanol–water partition coefficient (Wildman–Crippen LogP) is 0.795. The highest BCUT2D eigenvalue weighted by atomic mass is 16.2. The first-order valence-corrected chi connectivity index (χ1v) is 9.24. The van der Waals surface area contributed by atoms with E-state index < -0.39 is 0 Å². The Hall–Kier alpha value is -1.79. The summed E-state index contributed by atoms with van der Waals surface area (Å²) in [5.74, 6) is -0.103. The van der Waals surface area contributed by atoms with E-state index in [1.54, 1.807) is 9.80 Å². The molecule has 2 aliphatic heterocycles. The summed E-state index contributed by atoms with van der Waals surface area (Å²) in [7, 11) is 0. The standard InChI is InChI=1S/C17H28N4O3/c22-15(19-8-4-5-9-19)12-20-10-11-21(13-16(20)23)17(24)18-14-6-2-1-3-7-14/h14H,1-13H2,(H,18,24). The quantitative estimate of drug-likeness (QED) is 0.828. The minimum atomic E-state index is -0.138. The van der Waals surface area contributed by atoms with Crippen molar-refractivity contribution in [1.29, 1.82) is 0 Å². The summed E-state index contributed by atoms with van der Waals surface area (Å²) in [5.41, 5.74) is 0. The van der Waals surface area contributed by atoms with Crippen LogP contribution in [0, 0.1) is 0 Å². The second kappa shape index (κ2) is 7.85. The van der Waals surface area contributed by atoms with Crippen LogP contribution in [0.2, 0.25) is 0 Å². The lowest BCUT2D eigenvalue weighted by molar-refractivity contribution is -0.142. The maximum Gasteiger partial charge on any atom is 0.318 e. The number of rotatable bonds is 3. The molecule has 0 bridgehead atoms. The molecule has 7 heteroatoms. The second-order valence-corrected chi connectivity index (χ2v) is 7.11. The van der Waals surface area contributed by atoms with Gasteiger partial charge in [-0.2, -0.15) is 0 Å². The van der Waals surface area contributed by atoms with Crippen LogP contribution in [-0.2, 0) is 9.59 Å². The van der Waals surface area contributed by atoms with Gasteiger partial charge in [0, 0.05) is 32.2 Å². The van der Waals surface area contributed by atoms with Crippen molar-refractivity contribution in [2.45, 2.75) is 51.0 Å². The third kappa shape index (κ3) is 4.19. The molecule has 1 N–H and O–H groups in total. The van der Waals surface area contributed by atoms with Crippen molar-refractivity contribution in [1.82, 2.24) is 20.0 Å². The summed E-state index contributed by atoms with van der Waals surface area (Å²) in [6.07, 6.45) is 7.73. The fraction of sp³-hybridized carbons (Fsp3) is 0.824. The number of carbonyl (C=O) groups excluding carboxylic acids is 3. The fourth-order valence-corrected chi connectivity index (χ4v) is 3.79. The average molecular weight is 336 g/mol. The molecule has 7 nitrogen and oxygen atoms in total. The molecule has 2 saturated heterocycles. The van der Waals surface area contributed by atoms with Gasteiger partial charge in [-0.05, 0) is 25.7 Å². The maximum absolute atomic E-state index is 12.3. The highest BCUT2D eigenvalue weighted by molar-refractivity contribution is 5.89.